The standard InChI is InChI=1S/C27H25FN4O/c1-17-9-18(2)30-26-16-32(15-24(17)26)27(33)10-19-13-31(14-19)23-7-5-20(6-8-23)21-3-4-22(12-29)25(28)11-21/h3-9,11,19H,10,13-16H2,1-2H3. The largest absolute Gasteiger partial charge is 0.371 e. The third kappa shape index (κ3) is 4.07. The Balaban J connectivity index is 1.16. The van der Waals surface area contributed by atoms with E-state index in [1.807, 2.05) is 42.2 Å². The molecule has 0 saturated carbocycles. The second-order valence-electron chi connectivity index (χ2n) is 9.08. The van der Waals surface area contributed by atoms with Crippen LogP contribution < -0.4 is 4.90 Å². The fourth-order valence-corrected chi connectivity index (χ4v) is 4.83. The molecular weight excluding hydrogens is 415 g/mol. The van der Waals surface area contributed by atoms with Crippen LogP contribution in [0, 0.1) is 36.9 Å². The highest BCUT2D eigenvalue weighted by Crippen LogP contribution is 2.31. The van der Waals surface area contributed by atoms with Gasteiger partial charge in [0.25, 0.3) is 0 Å². The van der Waals surface area contributed by atoms with Crippen LogP contribution in [0.3, 0.4) is 0 Å². The van der Waals surface area contributed by atoms with Gasteiger partial charge >= 0.3 is 0 Å². The quantitative estimate of drug-likeness (QED) is 0.588. The molecule has 0 unspecified atom stereocenters. The highest BCUT2D eigenvalue weighted by atomic mass is 19.1. The Bertz CT molecular complexity index is 1270. The Morgan fingerprint density at radius 1 is 1.09 bits per heavy atom. The third-order valence-corrected chi connectivity index (χ3v) is 6.68. The minimum Gasteiger partial charge on any atom is -0.371 e. The summed E-state index contributed by atoms with van der Waals surface area (Å²) in [5.74, 6) is 0.0497. The summed E-state index contributed by atoms with van der Waals surface area (Å²) in [6, 6.07) is 16.6. The number of nitrogens with zero attached hydrogens (tertiary/aromatic N) is 4. The maximum absolute atomic E-state index is 13.9. The van der Waals surface area contributed by atoms with Crippen molar-refractivity contribution in [1.82, 2.24) is 9.88 Å². The number of aryl methyl sites for hydroxylation is 2. The maximum Gasteiger partial charge on any atom is 0.223 e. The van der Waals surface area contributed by atoms with Crippen molar-refractivity contribution in [2.75, 3.05) is 18.0 Å². The normalized spacial score (nSPS) is 15.2. The SMILES string of the molecule is Cc1cc(C)c2c(n1)CN(C(=O)CC1CN(c3ccc(-c4ccc(C#N)c(F)c4)cc3)C1)C2. The van der Waals surface area contributed by atoms with Crippen LogP contribution in [-0.2, 0) is 17.9 Å². The van der Waals surface area contributed by atoms with Crippen LogP contribution in [0.2, 0.25) is 0 Å². The van der Waals surface area contributed by atoms with Crippen molar-refractivity contribution in [1.29, 1.82) is 5.26 Å². The van der Waals surface area contributed by atoms with E-state index >= 15 is 0 Å². The van der Waals surface area contributed by atoms with E-state index in [0.29, 0.717) is 25.4 Å². The number of rotatable bonds is 4. The van der Waals surface area contributed by atoms with E-state index in [9.17, 15) is 9.18 Å². The number of pyridine rings is 1. The lowest BCUT2D eigenvalue weighted by atomic mass is 9.94. The fourth-order valence-electron chi connectivity index (χ4n) is 4.83. The van der Waals surface area contributed by atoms with Crippen LogP contribution in [-0.4, -0.2) is 28.9 Å². The van der Waals surface area contributed by atoms with Gasteiger partial charge in [0.05, 0.1) is 17.8 Å². The van der Waals surface area contributed by atoms with Gasteiger partial charge in [0.15, 0.2) is 0 Å². The molecule has 0 radical (unpaired) electrons. The minimum atomic E-state index is -0.503. The first kappa shape index (κ1) is 21.1. The first-order valence-corrected chi connectivity index (χ1v) is 11.2. The zero-order valence-corrected chi connectivity index (χ0v) is 18.8. The molecule has 0 aliphatic carbocycles. The fraction of sp³-hybridized carbons (Fsp3) is 0.296. The van der Waals surface area contributed by atoms with Gasteiger partial charge in [-0.25, -0.2) is 4.39 Å². The smallest absolute Gasteiger partial charge is 0.223 e. The number of carbonyl (C=O) groups excluding carboxylic acids is 1. The van der Waals surface area contributed by atoms with E-state index in [-0.39, 0.29) is 11.5 Å². The molecule has 6 heteroatoms. The van der Waals surface area contributed by atoms with Crippen molar-refractivity contribution < 1.29 is 9.18 Å². The van der Waals surface area contributed by atoms with Crippen molar-refractivity contribution in [2.24, 2.45) is 5.92 Å². The number of amides is 1. The molecule has 1 aromatic heterocycles. The molecule has 1 fully saturated rings. The van der Waals surface area contributed by atoms with Gasteiger partial charge < -0.3 is 9.80 Å². The average Bonchev–Trinajstić information content (AvgIpc) is 3.20. The molecule has 0 N–H and O–H groups in total. The average molecular weight is 441 g/mol. The molecule has 0 bridgehead atoms. The lowest BCUT2D eigenvalue weighted by Gasteiger charge is -2.41. The van der Waals surface area contributed by atoms with Gasteiger partial charge in [-0.15, -0.1) is 0 Å². The molecule has 5 rings (SSSR count). The van der Waals surface area contributed by atoms with Crippen LogP contribution in [0.25, 0.3) is 11.1 Å². The van der Waals surface area contributed by atoms with Gasteiger partial charge in [-0.2, -0.15) is 5.26 Å². The van der Waals surface area contributed by atoms with E-state index in [4.69, 9.17) is 5.26 Å². The van der Waals surface area contributed by atoms with Crippen LogP contribution >= 0.6 is 0 Å². The van der Waals surface area contributed by atoms with Crippen LogP contribution in [0.5, 0.6) is 0 Å². The third-order valence-electron chi connectivity index (χ3n) is 6.68. The summed E-state index contributed by atoms with van der Waals surface area (Å²) in [5, 5.41) is 8.89. The second kappa shape index (κ2) is 8.32. The second-order valence-corrected chi connectivity index (χ2v) is 9.08. The van der Waals surface area contributed by atoms with Crippen molar-refractivity contribution in [3.8, 4) is 17.2 Å². The predicted molar refractivity (Wildman–Crippen MR) is 125 cm³/mol. The minimum absolute atomic E-state index is 0.0517. The summed E-state index contributed by atoms with van der Waals surface area (Å²) in [5.41, 5.74) is 7.26. The molecular formula is C27H25FN4O. The molecule has 33 heavy (non-hydrogen) atoms. The highest BCUT2D eigenvalue weighted by molar-refractivity contribution is 5.78. The molecule has 0 spiro atoms. The molecule has 166 valence electrons. The zero-order chi connectivity index (χ0) is 23.1. The summed E-state index contributed by atoms with van der Waals surface area (Å²) in [4.78, 5) is 21.7. The summed E-state index contributed by atoms with van der Waals surface area (Å²) in [6.45, 7) is 7.08. The topological polar surface area (TPSA) is 60.2 Å². The molecule has 2 aliphatic rings. The summed E-state index contributed by atoms with van der Waals surface area (Å²) in [6.07, 6.45) is 0.561. The lowest BCUT2D eigenvalue weighted by molar-refractivity contribution is -0.133. The van der Waals surface area contributed by atoms with Gasteiger partial charge in [0, 0.05) is 43.4 Å². The summed E-state index contributed by atoms with van der Waals surface area (Å²) < 4.78 is 13.9. The number of fused-ring (bicyclic) bond motifs is 1. The number of carbonyl (C=O) groups is 1. The molecule has 2 aromatic carbocycles. The number of nitriles is 1. The molecule has 2 aliphatic heterocycles. The van der Waals surface area contributed by atoms with Gasteiger partial charge in [0.1, 0.15) is 11.9 Å². The highest BCUT2D eigenvalue weighted by Gasteiger charge is 2.32. The number of aromatic nitrogens is 1. The Labute approximate surface area is 193 Å². The van der Waals surface area contributed by atoms with Crippen molar-refractivity contribution in [2.45, 2.75) is 33.4 Å². The van der Waals surface area contributed by atoms with Crippen LogP contribution in [0.4, 0.5) is 10.1 Å². The Morgan fingerprint density at radius 2 is 1.82 bits per heavy atom. The molecule has 0 atom stereocenters. The molecule has 5 nitrogen and oxygen atoms in total. The number of benzene rings is 2. The van der Waals surface area contributed by atoms with E-state index in [2.05, 4.69) is 22.9 Å². The first-order valence-electron chi connectivity index (χ1n) is 11.2. The number of anilines is 1. The number of halogens is 1. The van der Waals surface area contributed by atoms with Gasteiger partial charge in [-0.05, 0) is 66.4 Å². The summed E-state index contributed by atoms with van der Waals surface area (Å²) in [7, 11) is 0. The Hall–Kier alpha value is -3.72. The lowest BCUT2D eigenvalue weighted by Crippen LogP contribution is -2.48. The number of hydrogen-bond donors (Lipinski definition) is 0. The van der Waals surface area contributed by atoms with Gasteiger partial charge in [-0.3, -0.25) is 9.78 Å². The predicted octanol–water partition coefficient (Wildman–Crippen LogP) is 4.74. The first-order chi connectivity index (χ1) is 15.9. The Morgan fingerprint density at radius 3 is 2.52 bits per heavy atom. The van der Waals surface area contributed by atoms with Crippen molar-refractivity contribution >= 4 is 11.6 Å². The van der Waals surface area contributed by atoms with Crippen LogP contribution in [0.15, 0.2) is 48.5 Å². The monoisotopic (exact) mass is 440 g/mol. The molecule has 3 aromatic rings. The maximum atomic E-state index is 13.9. The van der Waals surface area contributed by atoms with Crippen LogP contribution in [0.1, 0.15) is 34.5 Å². The van der Waals surface area contributed by atoms with Crippen molar-refractivity contribution in [3.63, 3.8) is 0 Å². The molecule has 3 heterocycles. The van der Waals surface area contributed by atoms with Crippen molar-refractivity contribution in [3.05, 3.63) is 82.4 Å². The van der Waals surface area contributed by atoms with E-state index in [1.54, 1.807) is 6.07 Å². The summed E-state index contributed by atoms with van der Waals surface area (Å²) >= 11 is 0. The van der Waals surface area contributed by atoms with Gasteiger partial charge in [0.2, 0.25) is 5.91 Å². The Kier molecular flexibility index (Phi) is 5.33. The molecule has 1 saturated heterocycles. The van der Waals surface area contributed by atoms with E-state index in [1.165, 1.54) is 23.3 Å². The number of hydrogen-bond acceptors (Lipinski definition) is 4. The van der Waals surface area contributed by atoms with E-state index in [0.717, 1.165) is 41.3 Å². The van der Waals surface area contributed by atoms with Gasteiger partial charge in [-0.1, -0.05) is 18.2 Å². The zero-order valence-electron chi connectivity index (χ0n) is 18.8. The molecule has 1 amide bonds. The van der Waals surface area contributed by atoms with E-state index < -0.39 is 5.82 Å².